The van der Waals surface area contributed by atoms with E-state index in [2.05, 4.69) is 57.7 Å². The van der Waals surface area contributed by atoms with Crippen molar-refractivity contribution in [3.8, 4) is 0 Å². The van der Waals surface area contributed by atoms with Crippen LogP contribution in [-0.2, 0) is 6.54 Å². The highest BCUT2D eigenvalue weighted by atomic mass is 79.9. The van der Waals surface area contributed by atoms with E-state index >= 15 is 0 Å². The molecule has 0 saturated carbocycles. The van der Waals surface area contributed by atoms with Gasteiger partial charge in [-0.05, 0) is 25.1 Å². The van der Waals surface area contributed by atoms with Crippen LogP contribution in [0.25, 0.3) is 0 Å². The van der Waals surface area contributed by atoms with E-state index in [9.17, 15) is 0 Å². The van der Waals surface area contributed by atoms with Gasteiger partial charge in [-0.15, -0.1) is 0 Å². The molecular formula is C14H18BrN3. The van der Waals surface area contributed by atoms with Crippen molar-refractivity contribution in [1.29, 1.82) is 0 Å². The summed E-state index contributed by atoms with van der Waals surface area (Å²) in [5.74, 6) is 0. The van der Waals surface area contributed by atoms with Gasteiger partial charge in [-0.3, -0.25) is 4.68 Å². The highest BCUT2D eigenvalue weighted by Crippen LogP contribution is 2.27. The second-order valence-electron chi connectivity index (χ2n) is 4.28. The Morgan fingerprint density at radius 3 is 2.83 bits per heavy atom. The fraction of sp³-hybridized carbons (Fsp3) is 0.357. The molecule has 0 fully saturated rings. The van der Waals surface area contributed by atoms with E-state index in [1.54, 1.807) is 0 Å². The van der Waals surface area contributed by atoms with Crippen molar-refractivity contribution in [3.63, 3.8) is 0 Å². The number of halogens is 1. The van der Waals surface area contributed by atoms with Crippen LogP contribution in [-0.4, -0.2) is 16.8 Å². The molecule has 96 valence electrons. The summed E-state index contributed by atoms with van der Waals surface area (Å²) in [4.78, 5) is 0. The van der Waals surface area contributed by atoms with Gasteiger partial charge in [0.25, 0.3) is 0 Å². The number of aromatic nitrogens is 2. The van der Waals surface area contributed by atoms with Gasteiger partial charge in [-0.2, -0.15) is 5.10 Å². The van der Waals surface area contributed by atoms with Gasteiger partial charge in [0.1, 0.15) is 0 Å². The number of aryl methyl sites for hydroxylation is 1. The number of benzene rings is 1. The summed E-state index contributed by atoms with van der Waals surface area (Å²) in [5, 5.41) is 7.74. The van der Waals surface area contributed by atoms with Crippen LogP contribution in [0.2, 0.25) is 0 Å². The molecule has 2 aromatic rings. The Kier molecular flexibility index (Phi) is 4.55. The van der Waals surface area contributed by atoms with E-state index in [-0.39, 0.29) is 6.04 Å². The molecule has 0 spiro atoms. The summed E-state index contributed by atoms with van der Waals surface area (Å²) in [7, 11) is 1.97. The molecule has 0 aliphatic heterocycles. The Balaban J connectivity index is 2.30. The minimum atomic E-state index is 0.172. The molecule has 1 aromatic carbocycles. The van der Waals surface area contributed by atoms with Crippen LogP contribution in [0.4, 0.5) is 0 Å². The van der Waals surface area contributed by atoms with Crippen LogP contribution in [0.15, 0.2) is 41.1 Å². The fourth-order valence-corrected chi connectivity index (χ4v) is 2.60. The Bertz CT molecular complexity index is 507. The molecule has 0 radical (unpaired) electrons. The maximum Gasteiger partial charge on any atom is 0.0616 e. The van der Waals surface area contributed by atoms with E-state index in [1.165, 1.54) is 11.1 Å². The van der Waals surface area contributed by atoms with E-state index in [1.807, 2.05) is 24.0 Å². The third kappa shape index (κ3) is 2.82. The van der Waals surface area contributed by atoms with Crippen molar-refractivity contribution >= 4 is 15.9 Å². The lowest BCUT2D eigenvalue weighted by atomic mass is 10.0. The number of nitrogens with zero attached hydrogens (tertiary/aromatic N) is 2. The van der Waals surface area contributed by atoms with Crippen LogP contribution in [0.3, 0.4) is 0 Å². The quantitative estimate of drug-likeness (QED) is 0.918. The number of nitrogens with one attached hydrogen (secondary N) is 1. The average Bonchev–Trinajstić information content (AvgIpc) is 2.82. The van der Waals surface area contributed by atoms with Gasteiger partial charge in [0.2, 0.25) is 0 Å². The molecule has 0 amide bonds. The normalized spacial score (nSPS) is 12.6. The van der Waals surface area contributed by atoms with Gasteiger partial charge in [0, 0.05) is 22.8 Å². The third-order valence-corrected chi connectivity index (χ3v) is 3.67. The second kappa shape index (κ2) is 6.16. The van der Waals surface area contributed by atoms with Gasteiger partial charge in [-0.25, -0.2) is 0 Å². The lowest BCUT2D eigenvalue weighted by Crippen LogP contribution is -2.17. The van der Waals surface area contributed by atoms with Gasteiger partial charge in [-0.1, -0.05) is 41.1 Å². The van der Waals surface area contributed by atoms with Crippen LogP contribution in [0.5, 0.6) is 0 Å². The first-order valence-electron chi connectivity index (χ1n) is 6.20. The third-order valence-electron chi connectivity index (χ3n) is 2.94. The first kappa shape index (κ1) is 13.3. The first-order valence-corrected chi connectivity index (χ1v) is 6.99. The fourth-order valence-electron chi connectivity index (χ4n) is 2.09. The van der Waals surface area contributed by atoms with Crippen molar-refractivity contribution in [2.45, 2.75) is 25.9 Å². The molecule has 18 heavy (non-hydrogen) atoms. The number of hydrogen-bond donors (Lipinski definition) is 1. The van der Waals surface area contributed by atoms with Crippen molar-refractivity contribution in [1.82, 2.24) is 15.1 Å². The van der Waals surface area contributed by atoms with Crippen molar-refractivity contribution in [2.75, 3.05) is 7.05 Å². The predicted octanol–water partition coefficient (Wildman–Crippen LogP) is 3.36. The molecule has 1 N–H and O–H groups in total. The molecule has 1 heterocycles. The first-order chi connectivity index (χ1) is 8.76. The molecule has 0 saturated heterocycles. The van der Waals surface area contributed by atoms with E-state index in [0.29, 0.717) is 0 Å². The van der Waals surface area contributed by atoms with E-state index < -0.39 is 0 Å². The Morgan fingerprint density at radius 1 is 1.39 bits per heavy atom. The van der Waals surface area contributed by atoms with Gasteiger partial charge < -0.3 is 5.32 Å². The SMILES string of the molecule is CCCn1cc(C(NC)c2ccccc2Br)cn1. The molecular weight excluding hydrogens is 290 g/mol. The molecule has 4 heteroatoms. The molecule has 0 bridgehead atoms. The zero-order chi connectivity index (χ0) is 13.0. The Labute approximate surface area is 116 Å². The van der Waals surface area contributed by atoms with Crippen molar-refractivity contribution < 1.29 is 0 Å². The standard InChI is InChI=1S/C14H18BrN3/c1-3-8-18-10-11(9-17-18)14(16-2)12-6-4-5-7-13(12)15/h4-7,9-10,14,16H,3,8H2,1-2H3. The van der Waals surface area contributed by atoms with Crippen LogP contribution < -0.4 is 5.32 Å². The molecule has 0 aliphatic rings. The molecule has 1 unspecified atom stereocenters. The highest BCUT2D eigenvalue weighted by Gasteiger charge is 2.16. The molecule has 0 aliphatic carbocycles. The molecule has 2 rings (SSSR count). The molecule has 1 atom stereocenters. The summed E-state index contributed by atoms with van der Waals surface area (Å²) in [5.41, 5.74) is 2.42. The molecule has 1 aromatic heterocycles. The summed E-state index contributed by atoms with van der Waals surface area (Å²) >= 11 is 3.61. The summed E-state index contributed by atoms with van der Waals surface area (Å²) < 4.78 is 3.11. The smallest absolute Gasteiger partial charge is 0.0616 e. The monoisotopic (exact) mass is 307 g/mol. The van der Waals surface area contributed by atoms with Crippen LogP contribution in [0.1, 0.15) is 30.5 Å². The second-order valence-corrected chi connectivity index (χ2v) is 5.13. The predicted molar refractivity (Wildman–Crippen MR) is 77.6 cm³/mol. The summed E-state index contributed by atoms with van der Waals surface area (Å²) in [6.07, 6.45) is 5.15. The Morgan fingerprint density at radius 2 is 2.17 bits per heavy atom. The van der Waals surface area contributed by atoms with Crippen LogP contribution in [0, 0.1) is 0 Å². The minimum Gasteiger partial charge on any atom is -0.309 e. The number of rotatable bonds is 5. The van der Waals surface area contributed by atoms with E-state index in [4.69, 9.17) is 0 Å². The zero-order valence-electron chi connectivity index (χ0n) is 10.7. The summed E-state index contributed by atoms with van der Waals surface area (Å²) in [6, 6.07) is 8.45. The lowest BCUT2D eigenvalue weighted by Gasteiger charge is -2.16. The largest absolute Gasteiger partial charge is 0.309 e. The Hall–Kier alpha value is -1.13. The van der Waals surface area contributed by atoms with Gasteiger partial charge in [0.15, 0.2) is 0 Å². The lowest BCUT2D eigenvalue weighted by molar-refractivity contribution is 0.600. The maximum absolute atomic E-state index is 4.39. The van der Waals surface area contributed by atoms with Gasteiger partial charge in [0.05, 0.1) is 12.2 Å². The topological polar surface area (TPSA) is 29.9 Å². The molecule has 3 nitrogen and oxygen atoms in total. The van der Waals surface area contributed by atoms with Crippen LogP contribution >= 0.6 is 15.9 Å². The van der Waals surface area contributed by atoms with Crippen molar-refractivity contribution in [3.05, 3.63) is 52.3 Å². The highest BCUT2D eigenvalue weighted by molar-refractivity contribution is 9.10. The zero-order valence-corrected chi connectivity index (χ0v) is 12.3. The number of hydrogen-bond acceptors (Lipinski definition) is 2. The maximum atomic E-state index is 4.39. The van der Waals surface area contributed by atoms with Crippen molar-refractivity contribution in [2.24, 2.45) is 0 Å². The minimum absolute atomic E-state index is 0.172. The van der Waals surface area contributed by atoms with E-state index in [0.717, 1.165) is 17.4 Å². The average molecular weight is 308 g/mol. The van der Waals surface area contributed by atoms with Gasteiger partial charge >= 0.3 is 0 Å². The summed E-state index contributed by atoms with van der Waals surface area (Å²) in [6.45, 7) is 3.12.